The number of nitrogens with zero attached hydrogens (tertiary/aromatic N) is 3. The fourth-order valence-electron chi connectivity index (χ4n) is 4.53. The second-order valence-corrected chi connectivity index (χ2v) is 9.22. The quantitative estimate of drug-likeness (QED) is 0.540. The number of oxime groups is 1. The highest BCUT2D eigenvalue weighted by Crippen LogP contribution is 2.48. The van der Waals surface area contributed by atoms with Crippen molar-refractivity contribution >= 4 is 23.3 Å². The van der Waals surface area contributed by atoms with Gasteiger partial charge in [0, 0.05) is 11.1 Å². The summed E-state index contributed by atoms with van der Waals surface area (Å²) in [6.45, 7) is 3.59. The number of halogens is 2. The van der Waals surface area contributed by atoms with Crippen molar-refractivity contribution < 1.29 is 23.2 Å². The van der Waals surface area contributed by atoms with Gasteiger partial charge in [0.05, 0.1) is 29.7 Å². The first-order valence-electron chi connectivity index (χ1n) is 11.4. The van der Waals surface area contributed by atoms with Gasteiger partial charge in [-0.15, -0.1) is 0 Å². The monoisotopic (exact) mass is 491 g/mol. The van der Waals surface area contributed by atoms with Crippen LogP contribution in [0, 0.1) is 30.4 Å². The molecule has 184 valence electrons. The third kappa shape index (κ3) is 4.08. The lowest BCUT2D eigenvalue weighted by atomic mass is 9.79. The third-order valence-corrected chi connectivity index (χ3v) is 6.70. The molecule has 8 nitrogen and oxygen atoms in total. The third-order valence-electron chi connectivity index (χ3n) is 6.70. The molecule has 2 heterocycles. The lowest BCUT2D eigenvalue weighted by Gasteiger charge is -2.26. The second kappa shape index (κ2) is 8.78. The Morgan fingerprint density at radius 1 is 1.11 bits per heavy atom. The van der Waals surface area contributed by atoms with Crippen LogP contribution in [0.2, 0.25) is 0 Å². The molecule has 3 aromatic rings. The molecular formula is C26H23F2N5O3. The number of carbonyl (C=O) groups excluding carboxylic acids is 2. The zero-order chi connectivity index (χ0) is 25.6. The molecule has 1 aliphatic carbocycles. The van der Waals surface area contributed by atoms with Crippen molar-refractivity contribution in [3.63, 3.8) is 0 Å². The molecule has 10 heteroatoms. The van der Waals surface area contributed by atoms with Crippen molar-refractivity contribution in [1.29, 1.82) is 0 Å². The Morgan fingerprint density at radius 3 is 2.44 bits per heavy atom. The Hall–Kier alpha value is -4.21. The summed E-state index contributed by atoms with van der Waals surface area (Å²) in [5.74, 6) is -3.39. The maximum atomic E-state index is 13.9. The summed E-state index contributed by atoms with van der Waals surface area (Å²) in [7, 11) is 0. The van der Waals surface area contributed by atoms with E-state index >= 15 is 0 Å². The van der Waals surface area contributed by atoms with Crippen molar-refractivity contribution in [1.82, 2.24) is 9.97 Å². The normalized spacial score (nSPS) is 21.0. The lowest BCUT2D eigenvalue weighted by Crippen LogP contribution is -2.49. The summed E-state index contributed by atoms with van der Waals surface area (Å²) in [4.78, 5) is 38.6. The van der Waals surface area contributed by atoms with E-state index in [1.54, 1.807) is 6.92 Å². The number of hydrogen-bond acceptors (Lipinski definition) is 6. The highest BCUT2D eigenvalue weighted by molar-refractivity contribution is 6.08. The van der Waals surface area contributed by atoms with Gasteiger partial charge in [0.15, 0.2) is 5.82 Å². The molecule has 1 saturated carbocycles. The number of nitrogens with one attached hydrogen (secondary N) is 1. The van der Waals surface area contributed by atoms with Gasteiger partial charge in [-0.3, -0.25) is 14.6 Å². The zero-order valence-electron chi connectivity index (χ0n) is 19.6. The molecule has 2 amide bonds. The number of anilines is 1. The maximum Gasteiger partial charge on any atom is 0.264 e. The Morgan fingerprint density at radius 2 is 1.83 bits per heavy atom. The molecule has 36 heavy (non-hydrogen) atoms. The molecular weight excluding hydrogens is 468 g/mol. The molecule has 2 aliphatic rings. The van der Waals surface area contributed by atoms with E-state index in [1.165, 1.54) is 18.5 Å². The highest BCUT2D eigenvalue weighted by atomic mass is 19.1. The van der Waals surface area contributed by atoms with Gasteiger partial charge in [0.2, 0.25) is 5.60 Å². The largest absolute Gasteiger partial charge is 0.378 e. The van der Waals surface area contributed by atoms with E-state index in [1.807, 2.05) is 25.1 Å². The standard InChI is InChI=1S/C26H23F2N5O3/c1-13-6-7-15(23-22(14-8-9-14)26(2,25(29)35)36-33-23)10-16(13)19-11-31-20(12-30-19)32-24(34)21-17(27)4-3-5-18(21)28/h3-7,10-12,14,22H,8-9H2,1-2H3,(H2,29,35)(H,31,32,34). The van der Waals surface area contributed by atoms with Gasteiger partial charge in [-0.2, -0.15) is 0 Å². The van der Waals surface area contributed by atoms with Crippen LogP contribution >= 0.6 is 0 Å². The van der Waals surface area contributed by atoms with E-state index in [9.17, 15) is 18.4 Å². The van der Waals surface area contributed by atoms with Crippen LogP contribution in [-0.4, -0.2) is 33.1 Å². The van der Waals surface area contributed by atoms with Crippen molar-refractivity contribution in [2.45, 2.75) is 32.3 Å². The summed E-state index contributed by atoms with van der Waals surface area (Å²) >= 11 is 0. The summed E-state index contributed by atoms with van der Waals surface area (Å²) in [5, 5.41) is 6.61. The number of hydrogen-bond donors (Lipinski definition) is 2. The molecule has 0 saturated heterocycles. The SMILES string of the molecule is Cc1ccc(C2=NOC(C)(C(N)=O)C2C2CC2)cc1-c1cnc(NC(=O)c2c(F)cccc2F)cn1. The molecule has 0 bridgehead atoms. The van der Waals surface area contributed by atoms with Crippen LogP contribution in [0.25, 0.3) is 11.3 Å². The average Bonchev–Trinajstić information content (AvgIpc) is 3.61. The molecule has 1 aromatic heterocycles. The highest BCUT2D eigenvalue weighted by Gasteiger charge is 2.56. The van der Waals surface area contributed by atoms with E-state index in [4.69, 9.17) is 10.6 Å². The second-order valence-electron chi connectivity index (χ2n) is 9.22. The predicted octanol–water partition coefficient (Wildman–Crippen LogP) is 3.99. The minimum atomic E-state index is -1.20. The minimum Gasteiger partial charge on any atom is -0.378 e. The van der Waals surface area contributed by atoms with Crippen molar-refractivity contribution in [2.24, 2.45) is 22.7 Å². The first-order valence-corrected chi connectivity index (χ1v) is 11.4. The van der Waals surface area contributed by atoms with E-state index in [2.05, 4.69) is 20.4 Å². The minimum absolute atomic E-state index is 0.0415. The van der Waals surface area contributed by atoms with Crippen LogP contribution in [0.5, 0.6) is 0 Å². The van der Waals surface area contributed by atoms with E-state index < -0.39 is 34.6 Å². The van der Waals surface area contributed by atoms with Gasteiger partial charge in [0.25, 0.3) is 11.8 Å². The molecule has 1 aliphatic heterocycles. The molecule has 0 radical (unpaired) electrons. The lowest BCUT2D eigenvalue weighted by molar-refractivity contribution is -0.142. The van der Waals surface area contributed by atoms with Crippen molar-refractivity contribution in [2.75, 3.05) is 5.32 Å². The number of carbonyl (C=O) groups is 2. The average molecular weight is 491 g/mol. The molecule has 5 rings (SSSR count). The maximum absolute atomic E-state index is 13.9. The van der Waals surface area contributed by atoms with Crippen LogP contribution in [0.15, 0.2) is 53.9 Å². The number of nitrogens with two attached hydrogens (primary N) is 1. The first kappa shape index (κ1) is 23.5. The van der Waals surface area contributed by atoms with Crippen LogP contribution in [-0.2, 0) is 9.63 Å². The molecule has 3 N–H and O–H groups in total. The van der Waals surface area contributed by atoms with E-state index in [0.717, 1.165) is 41.7 Å². The van der Waals surface area contributed by atoms with Gasteiger partial charge in [-0.05, 0) is 56.4 Å². The van der Waals surface area contributed by atoms with Gasteiger partial charge in [-0.25, -0.2) is 13.8 Å². The number of primary amides is 1. The summed E-state index contributed by atoms with van der Waals surface area (Å²) in [5.41, 5.74) is 7.41. The van der Waals surface area contributed by atoms with Crippen LogP contribution in [0.3, 0.4) is 0 Å². The zero-order valence-corrected chi connectivity index (χ0v) is 19.6. The van der Waals surface area contributed by atoms with Crippen LogP contribution in [0.1, 0.15) is 41.3 Å². The Balaban J connectivity index is 1.40. The Kier molecular flexibility index (Phi) is 5.74. The van der Waals surface area contributed by atoms with E-state index in [0.29, 0.717) is 11.4 Å². The number of aromatic nitrogens is 2. The van der Waals surface area contributed by atoms with Crippen molar-refractivity contribution in [3.8, 4) is 11.3 Å². The van der Waals surface area contributed by atoms with Crippen molar-refractivity contribution in [3.05, 3.63) is 77.1 Å². The molecule has 0 spiro atoms. The number of rotatable bonds is 6. The smallest absolute Gasteiger partial charge is 0.264 e. The molecule has 2 aromatic carbocycles. The number of amides is 2. The number of benzene rings is 2. The molecule has 1 fully saturated rings. The fraction of sp³-hybridized carbons (Fsp3) is 0.269. The molecule has 2 unspecified atom stereocenters. The topological polar surface area (TPSA) is 120 Å². The van der Waals surface area contributed by atoms with Crippen LogP contribution in [0.4, 0.5) is 14.6 Å². The Bertz CT molecular complexity index is 1380. The summed E-state index contributed by atoms with van der Waals surface area (Å²) < 4.78 is 27.8. The van der Waals surface area contributed by atoms with Crippen LogP contribution < -0.4 is 11.1 Å². The van der Waals surface area contributed by atoms with Gasteiger partial charge in [0.1, 0.15) is 17.2 Å². The van der Waals surface area contributed by atoms with E-state index in [-0.39, 0.29) is 17.7 Å². The van der Waals surface area contributed by atoms with Gasteiger partial charge < -0.3 is 15.9 Å². The fourth-order valence-corrected chi connectivity index (χ4v) is 4.53. The predicted molar refractivity (Wildman–Crippen MR) is 128 cm³/mol. The van der Waals surface area contributed by atoms with Gasteiger partial charge in [-0.1, -0.05) is 23.4 Å². The Labute approximate surface area is 205 Å². The first-order chi connectivity index (χ1) is 17.2. The summed E-state index contributed by atoms with van der Waals surface area (Å²) in [6.07, 6.45) is 4.72. The van der Waals surface area contributed by atoms with Gasteiger partial charge >= 0.3 is 0 Å². The summed E-state index contributed by atoms with van der Waals surface area (Å²) in [6, 6.07) is 8.90. The molecule has 2 atom stereocenters. The number of aryl methyl sites for hydroxylation is 1.